The number of rotatable bonds is 5. The van der Waals surface area contributed by atoms with E-state index in [1.807, 2.05) is 24.0 Å². The van der Waals surface area contributed by atoms with Crippen molar-refractivity contribution in [3.8, 4) is 17.0 Å². The molecule has 2 aromatic carbocycles. The number of nitrogens with one attached hydrogen (secondary N) is 1. The Hall–Kier alpha value is -2.79. The Morgan fingerprint density at radius 3 is 2.68 bits per heavy atom. The topological polar surface area (TPSA) is 69.2 Å². The molecule has 0 saturated carbocycles. The van der Waals surface area contributed by atoms with Crippen molar-refractivity contribution in [2.75, 3.05) is 6.54 Å². The number of aromatic hydroxyl groups is 1. The van der Waals surface area contributed by atoms with Gasteiger partial charge >= 0.3 is 0 Å². The van der Waals surface area contributed by atoms with Crippen LogP contribution in [0.15, 0.2) is 42.5 Å². The van der Waals surface area contributed by atoms with Crippen LogP contribution >= 0.6 is 11.6 Å². The maximum Gasteiger partial charge on any atom is 0.273 e. The Kier molecular flexibility index (Phi) is 4.85. The number of carbonyl (C=O) groups excluding carboxylic acids is 1. The number of nitrogens with zero attached hydrogens (tertiary/aromatic N) is 2. The maximum absolute atomic E-state index is 13.1. The molecule has 144 valence electrons. The first-order chi connectivity index (χ1) is 13.5. The number of unbranched alkanes of at least 4 members (excludes halogenated alkanes) is 1. The lowest BCUT2D eigenvalue weighted by Crippen LogP contribution is -2.30. The summed E-state index contributed by atoms with van der Waals surface area (Å²) in [6, 6.07) is 12.8. The van der Waals surface area contributed by atoms with Crippen LogP contribution in [0, 0.1) is 6.92 Å². The number of fused-ring (bicyclic) bond motifs is 1. The van der Waals surface area contributed by atoms with Crippen molar-refractivity contribution in [2.24, 2.45) is 0 Å². The van der Waals surface area contributed by atoms with Gasteiger partial charge in [0.15, 0.2) is 0 Å². The minimum absolute atomic E-state index is 0.0608. The van der Waals surface area contributed by atoms with Crippen LogP contribution < -0.4 is 0 Å². The van der Waals surface area contributed by atoms with E-state index >= 15 is 0 Å². The molecule has 0 radical (unpaired) electrons. The van der Waals surface area contributed by atoms with Gasteiger partial charge in [0, 0.05) is 22.7 Å². The second-order valence-electron chi connectivity index (χ2n) is 7.19. The first-order valence-corrected chi connectivity index (χ1v) is 9.83. The molecular formula is C22H22ClN3O2. The number of phenolic OH excluding ortho intramolecular Hbond substituents is 1. The van der Waals surface area contributed by atoms with E-state index < -0.39 is 0 Å². The maximum atomic E-state index is 13.1. The predicted molar refractivity (Wildman–Crippen MR) is 110 cm³/mol. The smallest absolute Gasteiger partial charge is 0.273 e. The molecular weight excluding hydrogens is 374 g/mol. The van der Waals surface area contributed by atoms with Gasteiger partial charge in [0.2, 0.25) is 0 Å². The van der Waals surface area contributed by atoms with Gasteiger partial charge in [-0.15, -0.1) is 0 Å². The summed E-state index contributed by atoms with van der Waals surface area (Å²) in [6.45, 7) is 4.81. The predicted octanol–water partition coefficient (Wildman–Crippen LogP) is 5.09. The molecule has 5 nitrogen and oxygen atoms in total. The number of aromatic amines is 1. The van der Waals surface area contributed by atoms with Gasteiger partial charge in [0.05, 0.1) is 6.04 Å². The van der Waals surface area contributed by atoms with Gasteiger partial charge in [-0.05, 0) is 37.1 Å². The number of hydrogen-bond acceptors (Lipinski definition) is 3. The van der Waals surface area contributed by atoms with Crippen LogP contribution in [-0.4, -0.2) is 32.7 Å². The molecule has 6 heteroatoms. The number of carbonyl (C=O) groups is 1. The summed E-state index contributed by atoms with van der Waals surface area (Å²) in [5, 5.41) is 18.2. The monoisotopic (exact) mass is 395 g/mol. The van der Waals surface area contributed by atoms with Crippen molar-refractivity contribution < 1.29 is 9.90 Å². The standard InChI is InChI=1S/C22H22ClN3O2/c1-3-4-11-26-21(14-7-5-13(2)6-8-14)18-19(24-25-20(18)22(26)28)16-12-15(23)9-10-17(16)27/h5-10,12,21,27H,3-4,11H2,1-2H3,(H,24,25). The Labute approximate surface area is 169 Å². The van der Waals surface area contributed by atoms with E-state index in [4.69, 9.17) is 11.6 Å². The van der Waals surface area contributed by atoms with E-state index in [0.29, 0.717) is 28.5 Å². The average molecular weight is 396 g/mol. The zero-order valence-corrected chi connectivity index (χ0v) is 16.6. The number of phenols is 1. The van der Waals surface area contributed by atoms with Crippen molar-refractivity contribution in [2.45, 2.75) is 32.7 Å². The highest BCUT2D eigenvalue weighted by Gasteiger charge is 2.42. The second-order valence-corrected chi connectivity index (χ2v) is 7.62. The lowest BCUT2D eigenvalue weighted by molar-refractivity contribution is 0.0741. The van der Waals surface area contributed by atoms with Crippen LogP contribution in [0.25, 0.3) is 11.3 Å². The summed E-state index contributed by atoms with van der Waals surface area (Å²) in [5.74, 6) is 0.0232. The minimum Gasteiger partial charge on any atom is -0.507 e. The Morgan fingerprint density at radius 1 is 1.21 bits per heavy atom. The molecule has 28 heavy (non-hydrogen) atoms. The van der Waals surface area contributed by atoms with E-state index in [0.717, 1.165) is 29.5 Å². The first kappa shape index (κ1) is 18.6. The number of hydrogen-bond donors (Lipinski definition) is 2. The largest absolute Gasteiger partial charge is 0.507 e. The third-order valence-electron chi connectivity index (χ3n) is 5.22. The number of aryl methyl sites for hydroxylation is 1. The molecule has 1 unspecified atom stereocenters. The van der Waals surface area contributed by atoms with Gasteiger partial charge in [-0.3, -0.25) is 9.89 Å². The number of benzene rings is 2. The highest BCUT2D eigenvalue weighted by atomic mass is 35.5. The normalized spacial score (nSPS) is 15.9. The van der Waals surface area contributed by atoms with Gasteiger partial charge < -0.3 is 10.0 Å². The fourth-order valence-corrected chi connectivity index (χ4v) is 3.93. The molecule has 4 rings (SSSR count). The van der Waals surface area contributed by atoms with Crippen molar-refractivity contribution in [1.82, 2.24) is 15.1 Å². The molecule has 3 aromatic rings. The number of amides is 1. The SMILES string of the molecule is CCCCN1C(=O)c2[nH]nc(-c3cc(Cl)ccc3O)c2C1c1ccc(C)cc1. The van der Waals surface area contributed by atoms with Crippen LogP contribution in [0.3, 0.4) is 0 Å². The summed E-state index contributed by atoms with van der Waals surface area (Å²) in [5.41, 5.74) is 4.55. The fraction of sp³-hybridized carbons (Fsp3) is 0.273. The molecule has 0 bridgehead atoms. The number of aromatic nitrogens is 2. The van der Waals surface area contributed by atoms with Crippen molar-refractivity contribution in [3.05, 3.63) is 69.9 Å². The highest BCUT2D eigenvalue weighted by molar-refractivity contribution is 6.31. The summed E-state index contributed by atoms with van der Waals surface area (Å²) in [4.78, 5) is 15.0. The van der Waals surface area contributed by atoms with Crippen LogP contribution in [0.2, 0.25) is 5.02 Å². The Bertz CT molecular complexity index is 1030. The number of H-pyrrole nitrogens is 1. The lowest BCUT2D eigenvalue weighted by atomic mass is 9.95. The fourth-order valence-electron chi connectivity index (χ4n) is 3.75. The number of halogens is 1. The van der Waals surface area contributed by atoms with Gasteiger partial charge in [-0.2, -0.15) is 5.10 Å². The highest BCUT2D eigenvalue weighted by Crippen LogP contribution is 2.44. The van der Waals surface area contributed by atoms with Gasteiger partial charge in [-0.25, -0.2) is 0 Å². The molecule has 1 aliphatic heterocycles. The molecule has 1 aromatic heterocycles. The molecule has 2 N–H and O–H groups in total. The molecule has 1 amide bonds. The van der Waals surface area contributed by atoms with Gasteiger partial charge in [-0.1, -0.05) is 54.8 Å². The van der Waals surface area contributed by atoms with Crippen LogP contribution in [-0.2, 0) is 0 Å². The molecule has 2 heterocycles. The van der Waals surface area contributed by atoms with Gasteiger partial charge in [0.25, 0.3) is 5.91 Å². The van der Waals surface area contributed by atoms with Gasteiger partial charge in [0.1, 0.15) is 17.1 Å². The van der Waals surface area contributed by atoms with E-state index in [-0.39, 0.29) is 17.7 Å². The van der Waals surface area contributed by atoms with Crippen LogP contribution in [0.5, 0.6) is 5.75 Å². The third kappa shape index (κ3) is 3.06. The van der Waals surface area contributed by atoms with Crippen molar-refractivity contribution in [3.63, 3.8) is 0 Å². The Morgan fingerprint density at radius 2 is 1.96 bits per heavy atom. The first-order valence-electron chi connectivity index (χ1n) is 9.46. The zero-order chi connectivity index (χ0) is 19.8. The summed E-state index contributed by atoms with van der Waals surface area (Å²) >= 11 is 6.15. The van der Waals surface area contributed by atoms with Crippen LogP contribution in [0.1, 0.15) is 53.0 Å². The van der Waals surface area contributed by atoms with E-state index in [9.17, 15) is 9.90 Å². The van der Waals surface area contributed by atoms with Crippen LogP contribution in [0.4, 0.5) is 0 Å². The minimum atomic E-state index is -0.248. The lowest BCUT2D eigenvalue weighted by Gasteiger charge is -2.26. The average Bonchev–Trinajstić information content (AvgIpc) is 3.22. The third-order valence-corrected chi connectivity index (χ3v) is 5.46. The second kappa shape index (κ2) is 7.32. The van der Waals surface area contributed by atoms with E-state index in [2.05, 4.69) is 29.3 Å². The summed E-state index contributed by atoms with van der Waals surface area (Å²) in [7, 11) is 0. The summed E-state index contributed by atoms with van der Waals surface area (Å²) < 4.78 is 0. The van der Waals surface area contributed by atoms with Crippen molar-refractivity contribution in [1.29, 1.82) is 0 Å². The molecule has 0 fully saturated rings. The molecule has 1 atom stereocenters. The molecule has 1 aliphatic rings. The van der Waals surface area contributed by atoms with E-state index in [1.54, 1.807) is 18.2 Å². The molecule has 0 saturated heterocycles. The van der Waals surface area contributed by atoms with E-state index in [1.165, 1.54) is 0 Å². The van der Waals surface area contributed by atoms with Crippen molar-refractivity contribution >= 4 is 17.5 Å². The molecule has 0 aliphatic carbocycles. The zero-order valence-electron chi connectivity index (χ0n) is 15.9. The summed E-state index contributed by atoms with van der Waals surface area (Å²) in [6.07, 6.45) is 1.92. The quantitative estimate of drug-likeness (QED) is 0.632. The molecule has 0 spiro atoms. The Balaban J connectivity index is 1.89.